The number of nitro groups is 1. The molecule has 1 aliphatic rings. The number of hydrogen-bond acceptors (Lipinski definition) is 3. The summed E-state index contributed by atoms with van der Waals surface area (Å²) in [5.74, 6) is -2.15. The fourth-order valence-electron chi connectivity index (χ4n) is 1.88. The highest BCUT2D eigenvalue weighted by molar-refractivity contribution is 5.68. The van der Waals surface area contributed by atoms with Gasteiger partial charge in [0.2, 0.25) is 0 Å². The smallest absolute Gasteiger partial charge is 0.295 e. The Balaban J connectivity index is 2.64. The van der Waals surface area contributed by atoms with Crippen LogP contribution in [-0.4, -0.2) is 11.0 Å². The largest absolute Gasteiger partial charge is 0.377 e. The van der Waals surface area contributed by atoms with Gasteiger partial charge in [-0.05, 0) is 19.8 Å². The van der Waals surface area contributed by atoms with Crippen molar-refractivity contribution in [2.24, 2.45) is 0 Å². The fraction of sp³-hybridized carbons (Fsp3) is 0.400. The number of nitro benzene ring substituents is 1. The van der Waals surface area contributed by atoms with Gasteiger partial charge >= 0.3 is 0 Å². The summed E-state index contributed by atoms with van der Waals surface area (Å²) in [5, 5.41) is 13.5. The Kier molecular flexibility index (Phi) is 2.49. The summed E-state index contributed by atoms with van der Waals surface area (Å²) in [6.07, 6.45) is 0.943. The van der Waals surface area contributed by atoms with Gasteiger partial charge in [-0.2, -0.15) is 0 Å². The number of benzene rings is 1. The van der Waals surface area contributed by atoms with Gasteiger partial charge in [-0.25, -0.2) is 8.78 Å². The van der Waals surface area contributed by atoms with Gasteiger partial charge < -0.3 is 5.32 Å². The van der Waals surface area contributed by atoms with Crippen LogP contribution in [0.3, 0.4) is 0 Å². The Bertz CT molecular complexity index is 463. The van der Waals surface area contributed by atoms with E-state index in [9.17, 15) is 18.9 Å². The highest BCUT2D eigenvalue weighted by atomic mass is 19.2. The van der Waals surface area contributed by atoms with Gasteiger partial charge in [0.15, 0.2) is 11.6 Å². The maximum absolute atomic E-state index is 13.4. The first-order chi connectivity index (χ1) is 7.50. The topological polar surface area (TPSA) is 55.2 Å². The van der Waals surface area contributed by atoms with Crippen molar-refractivity contribution in [2.75, 3.05) is 5.32 Å². The van der Waals surface area contributed by atoms with Crippen LogP contribution in [0.15, 0.2) is 6.07 Å². The summed E-state index contributed by atoms with van der Waals surface area (Å²) in [7, 11) is 0. The molecule has 0 aromatic heterocycles. The molecule has 0 fully saturated rings. The molecule has 1 aromatic carbocycles. The minimum absolute atomic E-state index is 0.0241. The van der Waals surface area contributed by atoms with Crippen LogP contribution in [0, 0.1) is 21.7 Å². The minimum atomic E-state index is -1.16. The first kappa shape index (κ1) is 10.8. The lowest BCUT2D eigenvalue weighted by molar-refractivity contribution is -0.384. The molecule has 1 unspecified atom stereocenters. The lowest BCUT2D eigenvalue weighted by Crippen LogP contribution is -2.24. The maximum Gasteiger partial charge on any atom is 0.295 e. The van der Waals surface area contributed by atoms with Crippen LogP contribution < -0.4 is 5.32 Å². The second kappa shape index (κ2) is 3.70. The van der Waals surface area contributed by atoms with Crippen LogP contribution in [0.1, 0.15) is 18.9 Å². The van der Waals surface area contributed by atoms with Gasteiger partial charge in [-0.3, -0.25) is 10.1 Å². The zero-order chi connectivity index (χ0) is 11.9. The molecule has 0 spiro atoms. The summed E-state index contributed by atoms with van der Waals surface area (Å²) in [6.45, 7) is 1.84. The van der Waals surface area contributed by atoms with E-state index >= 15 is 0 Å². The number of nitrogens with one attached hydrogen (secondary N) is 1. The summed E-state index contributed by atoms with van der Waals surface area (Å²) >= 11 is 0. The van der Waals surface area contributed by atoms with E-state index in [1.54, 1.807) is 0 Å². The molecule has 1 aliphatic heterocycles. The van der Waals surface area contributed by atoms with E-state index in [1.165, 1.54) is 0 Å². The SMILES string of the molecule is CC1CCc2c(F)c(F)cc([N+](=O)[O-])c2N1. The number of nitrogens with zero attached hydrogens (tertiary/aromatic N) is 1. The van der Waals surface area contributed by atoms with E-state index in [4.69, 9.17) is 0 Å². The van der Waals surface area contributed by atoms with Crippen LogP contribution in [0.5, 0.6) is 0 Å². The normalized spacial score (nSPS) is 18.8. The third-order valence-electron chi connectivity index (χ3n) is 2.71. The Labute approximate surface area is 90.4 Å². The molecule has 0 amide bonds. The number of fused-ring (bicyclic) bond motifs is 1. The molecule has 2 rings (SSSR count). The minimum Gasteiger partial charge on any atom is -0.377 e. The third kappa shape index (κ3) is 1.60. The summed E-state index contributed by atoms with van der Waals surface area (Å²) in [5.41, 5.74) is -0.215. The van der Waals surface area contributed by atoms with Crippen molar-refractivity contribution in [3.8, 4) is 0 Å². The number of anilines is 1. The highest BCUT2D eigenvalue weighted by Crippen LogP contribution is 2.36. The van der Waals surface area contributed by atoms with Crippen LogP contribution in [0.2, 0.25) is 0 Å². The molecule has 86 valence electrons. The Hall–Kier alpha value is -1.72. The monoisotopic (exact) mass is 228 g/mol. The van der Waals surface area contributed by atoms with E-state index in [2.05, 4.69) is 5.32 Å². The van der Waals surface area contributed by atoms with Gasteiger partial charge in [-0.15, -0.1) is 0 Å². The maximum atomic E-state index is 13.4. The van der Waals surface area contributed by atoms with E-state index in [1.807, 2.05) is 6.92 Å². The standard InChI is InChI=1S/C10H10F2N2O2/c1-5-2-3-6-9(12)7(11)4-8(14(15)16)10(6)13-5/h4-5,13H,2-3H2,1H3. The van der Waals surface area contributed by atoms with Crippen molar-refractivity contribution in [3.63, 3.8) is 0 Å². The second-order valence-corrected chi connectivity index (χ2v) is 3.89. The van der Waals surface area contributed by atoms with Crippen molar-refractivity contribution in [2.45, 2.75) is 25.8 Å². The van der Waals surface area contributed by atoms with E-state index in [0.717, 1.165) is 0 Å². The molecule has 6 heteroatoms. The molecule has 16 heavy (non-hydrogen) atoms. The van der Waals surface area contributed by atoms with Gasteiger partial charge in [0.25, 0.3) is 5.69 Å². The van der Waals surface area contributed by atoms with Crippen molar-refractivity contribution < 1.29 is 13.7 Å². The molecular weight excluding hydrogens is 218 g/mol. The quantitative estimate of drug-likeness (QED) is 0.593. The van der Waals surface area contributed by atoms with E-state index in [-0.39, 0.29) is 17.3 Å². The predicted octanol–water partition coefficient (Wildman–Crippen LogP) is 2.62. The van der Waals surface area contributed by atoms with Gasteiger partial charge in [-0.1, -0.05) is 0 Å². The van der Waals surface area contributed by atoms with Crippen LogP contribution in [0.25, 0.3) is 0 Å². The van der Waals surface area contributed by atoms with Crippen LogP contribution in [0.4, 0.5) is 20.2 Å². The molecule has 0 saturated heterocycles. The Morgan fingerprint density at radius 1 is 1.56 bits per heavy atom. The first-order valence-corrected chi connectivity index (χ1v) is 4.92. The zero-order valence-corrected chi connectivity index (χ0v) is 8.59. The molecule has 0 aliphatic carbocycles. The Morgan fingerprint density at radius 3 is 2.88 bits per heavy atom. The fourth-order valence-corrected chi connectivity index (χ4v) is 1.88. The van der Waals surface area contributed by atoms with Gasteiger partial charge in [0.1, 0.15) is 5.69 Å². The molecule has 0 bridgehead atoms. The number of halogens is 2. The summed E-state index contributed by atoms with van der Waals surface area (Å²) in [4.78, 5) is 10.0. The first-order valence-electron chi connectivity index (χ1n) is 4.92. The molecule has 1 heterocycles. The number of rotatable bonds is 1. The molecular formula is C10H10F2N2O2. The molecule has 4 nitrogen and oxygen atoms in total. The zero-order valence-electron chi connectivity index (χ0n) is 8.59. The summed E-state index contributed by atoms with van der Waals surface area (Å²) < 4.78 is 26.5. The van der Waals surface area contributed by atoms with Gasteiger partial charge in [0, 0.05) is 11.6 Å². The molecule has 1 aromatic rings. The van der Waals surface area contributed by atoms with Gasteiger partial charge in [0.05, 0.1) is 11.0 Å². The van der Waals surface area contributed by atoms with E-state index < -0.39 is 22.2 Å². The molecule has 1 N–H and O–H groups in total. The lowest BCUT2D eigenvalue weighted by atomic mass is 9.97. The second-order valence-electron chi connectivity index (χ2n) is 3.89. The molecule has 1 atom stereocenters. The molecule has 0 saturated carbocycles. The predicted molar refractivity (Wildman–Crippen MR) is 54.4 cm³/mol. The van der Waals surface area contributed by atoms with Crippen molar-refractivity contribution in [3.05, 3.63) is 33.4 Å². The van der Waals surface area contributed by atoms with Crippen LogP contribution >= 0.6 is 0 Å². The lowest BCUT2D eigenvalue weighted by Gasteiger charge is -2.24. The van der Waals surface area contributed by atoms with Crippen molar-refractivity contribution in [1.29, 1.82) is 0 Å². The summed E-state index contributed by atoms with van der Waals surface area (Å²) in [6, 6.07) is 0.648. The molecule has 0 radical (unpaired) electrons. The average Bonchev–Trinajstić information content (AvgIpc) is 2.22. The van der Waals surface area contributed by atoms with Crippen molar-refractivity contribution >= 4 is 11.4 Å². The third-order valence-corrected chi connectivity index (χ3v) is 2.71. The van der Waals surface area contributed by atoms with E-state index in [0.29, 0.717) is 18.9 Å². The average molecular weight is 228 g/mol. The number of hydrogen-bond donors (Lipinski definition) is 1. The van der Waals surface area contributed by atoms with Crippen LogP contribution in [-0.2, 0) is 6.42 Å². The van der Waals surface area contributed by atoms with Crippen molar-refractivity contribution in [1.82, 2.24) is 0 Å². The Morgan fingerprint density at radius 2 is 2.25 bits per heavy atom. The highest BCUT2D eigenvalue weighted by Gasteiger charge is 2.28.